The summed E-state index contributed by atoms with van der Waals surface area (Å²) in [6.07, 6.45) is -49.2. The highest BCUT2D eigenvalue weighted by molar-refractivity contribution is 7.18. The minimum absolute atomic E-state index is 0.0423. The van der Waals surface area contributed by atoms with Crippen LogP contribution in [0.1, 0.15) is 185 Å². The van der Waals surface area contributed by atoms with E-state index in [1.165, 1.54) is 97.1 Å². The second-order valence-corrected chi connectivity index (χ2v) is 36.4. The van der Waals surface area contributed by atoms with Gasteiger partial charge in [-0.25, -0.2) is 52.7 Å². The van der Waals surface area contributed by atoms with E-state index in [-0.39, 0.29) is 119 Å². The number of hydrogen-bond donors (Lipinski definition) is 0. The van der Waals surface area contributed by atoms with Crippen LogP contribution >= 0.6 is 22.7 Å². The van der Waals surface area contributed by atoms with Gasteiger partial charge in [0.2, 0.25) is 0 Å². The predicted molar refractivity (Wildman–Crippen MR) is 475 cm³/mol. The average molecular weight is 2180 g/mol. The first kappa shape index (κ1) is 111. The standard InChI is InChI=1S/C98H76B2F36N4O6S2/c1-5-9-13-17-45-141-53-29-21-49(22-30-53)137(50-23-31-54(32-24-50)142-46-18-14-10-6-2)63-43-41-61(147-63)57-37-39-59-89-90(145-99(139(57)59,73-81(105)65(91(113,114)115)77(101)66(82(73)106)92(116,117)118)74-83(107)67(93(119,120)121)78(102)68(84(74)108)94(122,123)124)60-40-38-58(62-42-44-64(148-62)138(51-25-33-55(34-26-51)143-47-19-15-11-7-3)52-27-35-56(36-28-52)144-48-20-16-12-8-4)140(60)100(146-89,75-85(109)69(95(125,126)127)79(103)70(86(75)110)96(128,129)130)76-87(111)71(97(131,132)133)80(104)72(88(76)112)98(134,135)136/h21-44H,5-20,45-48H2,1-4H3. The van der Waals surface area contributed by atoms with Crippen LogP contribution in [0, 0.1) is 69.8 Å². The van der Waals surface area contributed by atoms with Crippen molar-refractivity contribution in [1.82, 2.24) is 0 Å². The molecule has 10 nitrogen and oxygen atoms in total. The summed E-state index contributed by atoms with van der Waals surface area (Å²) in [5.41, 5.74) is -59.8. The molecule has 50 heteroatoms. The molecule has 794 valence electrons. The Labute approximate surface area is 825 Å². The van der Waals surface area contributed by atoms with Crippen LogP contribution in [0.5, 0.6) is 23.0 Å². The minimum Gasteiger partial charge on any atom is -0.644 e. The fourth-order valence-electron chi connectivity index (χ4n) is 18.1. The Hall–Kier alpha value is -12.5. The zero-order chi connectivity index (χ0) is 108. The lowest BCUT2D eigenvalue weighted by Crippen LogP contribution is -2.77. The van der Waals surface area contributed by atoms with Crippen molar-refractivity contribution in [3.05, 3.63) is 293 Å². The van der Waals surface area contributed by atoms with Crippen molar-refractivity contribution >= 4 is 102 Å². The van der Waals surface area contributed by atoms with Gasteiger partial charge in [0.15, 0.2) is 57.6 Å². The predicted octanol–water partition coefficient (Wildman–Crippen LogP) is 30.8. The van der Waals surface area contributed by atoms with E-state index in [1.54, 1.807) is 0 Å². The Balaban J connectivity index is 1.22. The van der Waals surface area contributed by atoms with Crippen molar-refractivity contribution in [3.8, 4) is 23.0 Å². The molecule has 0 N–H and O–H groups in total. The molecule has 0 radical (unpaired) electrons. The molecular formula is C98H76B2F36N4O6S2. The third kappa shape index (κ3) is 21.1. The molecule has 6 heterocycles. The topological polar surface area (TPSA) is 67.9 Å². The van der Waals surface area contributed by atoms with E-state index >= 15 is 158 Å². The molecule has 14 rings (SSSR count). The number of hydrogen-bond acceptors (Lipinski definition) is 10. The molecule has 2 aromatic heterocycles. The summed E-state index contributed by atoms with van der Waals surface area (Å²) < 4.78 is 641. The fraction of sp³-hybridized carbons (Fsp3) is 0.327. The second-order valence-electron chi connectivity index (χ2n) is 34.3. The van der Waals surface area contributed by atoms with Crippen molar-refractivity contribution in [2.45, 2.75) is 180 Å². The third-order valence-electron chi connectivity index (χ3n) is 24.6. The summed E-state index contributed by atoms with van der Waals surface area (Å²) in [4.78, 5) is -0.316. The second kappa shape index (κ2) is 42.5. The molecule has 0 unspecified atom stereocenters. The molecule has 10 aromatic rings. The fourth-order valence-corrected chi connectivity index (χ4v) is 20.3. The van der Waals surface area contributed by atoms with Crippen LogP contribution in [0.4, 0.5) is 191 Å². The maximum absolute atomic E-state index is 19.0. The van der Waals surface area contributed by atoms with Crippen molar-refractivity contribution < 1.29 is 195 Å². The van der Waals surface area contributed by atoms with Crippen LogP contribution in [0.25, 0.3) is 0 Å². The Morgan fingerprint density at radius 1 is 0.250 bits per heavy atom. The molecule has 0 spiro atoms. The van der Waals surface area contributed by atoms with E-state index < -0.39 is 262 Å². The van der Waals surface area contributed by atoms with Gasteiger partial charge in [-0.15, -0.1) is 22.7 Å². The van der Waals surface area contributed by atoms with Crippen LogP contribution in [-0.2, 0) is 58.7 Å². The number of nitrogens with zero attached hydrogens (tertiary/aromatic N) is 4. The number of rotatable bonds is 36. The van der Waals surface area contributed by atoms with Gasteiger partial charge in [-0.3, -0.25) is 0 Å². The lowest BCUT2D eigenvalue weighted by molar-refractivity contribution is -0.374. The van der Waals surface area contributed by atoms with Crippen molar-refractivity contribution in [2.75, 3.05) is 36.2 Å². The highest BCUT2D eigenvalue weighted by atomic mass is 32.1. The van der Waals surface area contributed by atoms with Gasteiger partial charge in [0.1, 0.15) is 124 Å². The van der Waals surface area contributed by atoms with Crippen LogP contribution in [0.3, 0.4) is 0 Å². The Kier molecular flexibility index (Phi) is 31.9. The lowest BCUT2D eigenvalue weighted by Gasteiger charge is -2.50. The zero-order valence-electron chi connectivity index (χ0n) is 76.8. The monoisotopic (exact) mass is 2170 g/mol. The highest BCUT2D eigenvalue weighted by Gasteiger charge is 2.71. The molecule has 0 amide bonds. The molecule has 0 bridgehead atoms. The van der Waals surface area contributed by atoms with Gasteiger partial charge in [-0.05, 0) is 169 Å². The summed E-state index contributed by atoms with van der Waals surface area (Å²) in [6.45, 7) is -7.64. The third-order valence-corrected chi connectivity index (χ3v) is 26.8. The first-order valence-electron chi connectivity index (χ1n) is 45.4. The summed E-state index contributed by atoms with van der Waals surface area (Å²) in [5.74, 6) is -56.9. The van der Waals surface area contributed by atoms with Crippen molar-refractivity contribution in [1.29, 1.82) is 0 Å². The molecule has 0 saturated carbocycles. The van der Waals surface area contributed by atoms with Crippen LogP contribution < -0.4 is 50.6 Å². The Morgan fingerprint density at radius 3 is 0.628 bits per heavy atom. The van der Waals surface area contributed by atoms with E-state index in [0.717, 1.165) is 73.3 Å². The quantitative estimate of drug-likeness (QED) is 0.0219. The molecule has 8 aromatic carbocycles. The number of ether oxygens (including phenoxy) is 4. The van der Waals surface area contributed by atoms with E-state index in [4.69, 9.17) is 28.3 Å². The Bertz CT molecular complexity index is 6000. The largest absolute Gasteiger partial charge is 0.644 e. The van der Waals surface area contributed by atoms with Crippen LogP contribution in [0.2, 0.25) is 0 Å². The number of fused-ring (bicyclic) bond motifs is 3. The SMILES string of the molecule is CCCCCCOc1ccc(N(c2ccc(OCCCCCC)cc2)c2ccc(C3=[N+]4C(=C5O[B-](c6c(F)c(C(F)(F)F)c(F)c(C(F)(F)F)c6F)(c6c(F)c(C(F)(F)F)c(F)c(C(F)(F)F)c6F)[N+]6=C(c7ccc(N(c8ccc(OCCCCCC)cc8)c8ccc(OCCCCCC)cc8)s7)C=CC6=C5O[B-]4(c4c(F)c(C(F)(F)F)c(F)c(C(F)(F)F)c4F)c4c(F)c(C(F)(F)F)c(F)c(C(F)(F)F)c4F)C=C3)s2)cc1. The summed E-state index contributed by atoms with van der Waals surface area (Å²) >= 11 is -0.159. The summed E-state index contributed by atoms with van der Waals surface area (Å²) in [7, 11) is 0. The van der Waals surface area contributed by atoms with Gasteiger partial charge >= 0.3 is 62.4 Å². The molecule has 4 aliphatic rings. The minimum atomic E-state index is -7.73. The van der Waals surface area contributed by atoms with E-state index in [9.17, 15) is 0 Å². The van der Waals surface area contributed by atoms with Gasteiger partial charge in [0.05, 0.1) is 36.2 Å². The van der Waals surface area contributed by atoms with Gasteiger partial charge in [0, 0.05) is 47.1 Å². The molecular weight excluding hydrogens is 2100 g/mol. The van der Waals surface area contributed by atoms with Crippen LogP contribution in [-0.4, -0.2) is 59.8 Å². The maximum Gasteiger partial charge on any atom is 0.525 e. The molecule has 148 heavy (non-hydrogen) atoms. The molecule has 0 fully saturated rings. The van der Waals surface area contributed by atoms with Gasteiger partial charge in [0.25, 0.3) is 0 Å². The summed E-state index contributed by atoms with van der Waals surface area (Å²) in [6, 6.07) is 23.0. The lowest BCUT2D eigenvalue weighted by atomic mass is 9.37. The van der Waals surface area contributed by atoms with Crippen LogP contribution in [0.15, 0.2) is 169 Å². The smallest absolute Gasteiger partial charge is 0.525 e. The number of alkyl halides is 24. The van der Waals surface area contributed by atoms with Gasteiger partial charge in [-0.1, -0.05) is 105 Å². The first-order valence-corrected chi connectivity index (χ1v) is 47.0. The van der Waals surface area contributed by atoms with E-state index in [1.807, 2.05) is 27.7 Å². The highest BCUT2D eigenvalue weighted by Crippen LogP contribution is 2.56. The van der Waals surface area contributed by atoms with Crippen molar-refractivity contribution in [2.24, 2.45) is 0 Å². The summed E-state index contributed by atoms with van der Waals surface area (Å²) in [5, 5.41) is -1.06. The number of benzene rings is 8. The van der Waals surface area contributed by atoms with Gasteiger partial charge < -0.3 is 47.0 Å². The molecule has 0 atom stereocenters. The maximum atomic E-state index is 19.0. The number of halogens is 36. The molecule has 0 saturated heterocycles. The van der Waals surface area contributed by atoms with Crippen molar-refractivity contribution in [3.63, 3.8) is 0 Å². The molecule has 0 aliphatic carbocycles. The first-order chi connectivity index (χ1) is 69.4. The number of allylic oxidation sites excluding steroid dienone is 4. The zero-order valence-corrected chi connectivity index (χ0v) is 78.4. The number of anilines is 6. The average Bonchev–Trinajstić information content (AvgIpc) is 1.38. The number of thiophene rings is 2. The van der Waals surface area contributed by atoms with Gasteiger partial charge in [-0.2, -0.15) is 105 Å². The van der Waals surface area contributed by atoms with E-state index in [2.05, 4.69) is 0 Å². The molecule has 4 aliphatic heterocycles. The number of unbranched alkanes of at least 4 members (excludes halogenated alkanes) is 12. The Morgan fingerprint density at radius 2 is 0.446 bits per heavy atom. The van der Waals surface area contributed by atoms with E-state index in [0.29, 0.717) is 63.5 Å². The normalized spacial score (nSPS) is 14.9.